The first-order valence-corrected chi connectivity index (χ1v) is 9.73. The van der Waals surface area contributed by atoms with Crippen molar-refractivity contribution in [3.05, 3.63) is 23.8 Å². The highest BCUT2D eigenvalue weighted by Gasteiger charge is 2.12. The Bertz CT molecular complexity index is 488. The van der Waals surface area contributed by atoms with Crippen molar-refractivity contribution in [2.24, 2.45) is 0 Å². The minimum atomic E-state index is -0.0876. The first-order valence-electron chi connectivity index (χ1n) is 9.73. The second-order valence-corrected chi connectivity index (χ2v) is 6.50. The van der Waals surface area contributed by atoms with E-state index in [4.69, 9.17) is 9.47 Å². The summed E-state index contributed by atoms with van der Waals surface area (Å²) >= 11 is 0. The molecule has 1 N–H and O–H groups in total. The molecule has 0 atom stereocenters. The van der Waals surface area contributed by atoms with Crippen LogP contribution in [-0.2, 0) is 0 Å². The van der Waals surface area contributed by atoms with Crippen molar-refractivity contribution in [2.45, 2.75) is 71.1 Å². The van der Waals surface area contributed by atoms with Gasteiger partial charge in [-0.15, -0.1) is 0 Å². The summed E-state index contributed by atoms with van der Waals surface area (Å²) in [6.45, 7) is 2.97. The minimum absolute atomic E-state index is 0.0876. The zero-order valence-electron chi connectivity index (χ0n) is 16.2. The molecule has 0 bridgehead atoms. The second kappa shape index (κ2) is 13.6. The van der Waals surface area contributed by atoms with E-state index in [1.165, 1.54) is 57.8 Å². The van der Waals surface area contributed by atoms with Crippen molar-refractivity contribution in [3.63, 3.8) is 0 Å². The SMILES string of the molecule is CCCCCCCCCCCCNC(=O)c1ccc(OC)cc1OC. The summed E-state index contributed by atoms with van der Waals surface area (Å²) in [5, 5.41) is 2.98. The van der Waals surface area contributed by atoms with Crippen LogP contribution in [0.1, 0.15) is 81.5 Å². The Morgan fingerprint density at radius 1 is 0.880 bits per heavy atom. The van der Waals surface area contributed by atoms with Gasteiger partial charge < -0.3 is 14.8 Å². The van der Waals surface area contributed by atoms with Crippen LogP contribution < -0.4 is 14.8 Å². The molecular weight excluding hydrogens is 314 g/mol. The van der Waals surface area contributed by atoms with Crippen LogP contribution in [0.4, 0.5) is 0 Å². The van der Waals surface area contributed by atoms with Gasteiger partial charge in [-0.2, -0.15) is 0 Å². The van der Waals surface area contributed by atoms with E-state index in [1.807, 2.05) is 0 Å². The predicted molar refractivity (Wildman–Crippen MR) is 104 cm³/mol. The average Bonchev–Trinajstić information content (AvgIpc) is 2.65. The van der Waals surface area contributed by atoms with Crippen molar-refractivity contribution in [3.8, 4) is 11.5 Å². The number of ether oxygens (including phenoxy) is 2. The number of nitrogens with one attached hydrogen (secondary N) is 1. The van der Waals surface area contributed by atoms with E-state index in [9.17, 15) is 4.79 Å². The maximum Gasteiger partial charge on any atom is 0.255 e. The summed E-state index contributed by atoms with van der Waals surface area (Å²) in [5.41, 5.74) is 0.551. The van der Waals surface area contributed by atoms with Crippen LogP contribution in [0.5, 0.6) is 11.5 Å². The summed E-state index contributed by atoms with van der Waals surface area (Å²) in [4.78, 5) is 12.3. The molecule has 0 aliphatic carbocycles. The van der Waals surface area contributed by atoms with Gasteiger partial charge in [-0.3, -0.25) is 4.79 Å². The number of rotatable bonds is 14. The normalized spacial score (nSPS) is 10.5. The van der Waals surface area contributed by atoms with Gasteiger partial charge in [-0.25, -0.2) is 0 Å². The minimum Gasteiger partial charge on any atom is -0.497 e. The van der Waals surface area contributed by atoms with Crippen LogP contribution in [0.3, 0.4) is 0 Å². The average molecular weight is 350 g/mol. The Morgan fingerprint density at radius 2 is 1.48 bits per heavy atom. The van der Waals surface area contributed by atoms with Crippen molar-refractivity contribution in [1.29, 1.82) is 0 Å². The van der Waals surface area contributed by atoms with E-state index in [-0.39, 0.29) is 5.91 Å². The molecule has 0 aromatic heterocycles. The molecule has 4 nitrogen and oxygen atoms in total. The molecule has 0 heterocycles. The van der Waals surface area contributed by atoms with Gasteiger partial charge in [-0.05, 0) is 18.6 Å². The number of carbonyl (C=O) groups excluding carboxylic acids is 1. The Labute approximate surface area is 153 Å². The third-order valence-electron chi connectivity index (χ3n) is 4.47. The summed E-state index contributed by atoms with van der Waals surface area (Å²) in [7, 11) is 3.16. The smallest absolute Gasteiger partial charge is 0.255 e. The van der Waals surface area contributed by atoms with E-state index in [0.29, 0.717) is 23.6 Å². The fourth-order valence-electron chi connectivity index (χ4n) is 2.90. The van der Waals surface area contributed by atoms with Gasteiger partial charge in [-0.1, -0.05) is 64.7 Å². The van der Waals surface area contributed by atoms with Crippen molar-refractivity contribution < 1.29 is 14.3 Å². The topological polar surface area (TPSA) is 47.6 Å². The lowest BCUT2D eigenvalue weighted by molar-refractivity contribution is 0.0950. The molecule has 0 saturated heterocycles. The monoisotopic (exact) mass is 349 g/mol. The van der Waals surface area contributed by atoms with Crippen LogP contribution >= 0.6 is 0 Å². The van der Waals surface area contributed by atoms with Crippen molar-refractivity contribution >= 4 is 5.91 Å². The zero-order valence-corrected chi connectivity index (χ0v) is 16.2. The molecule has 142 valence electrons. The summed E-state index contributed by atoms with van der Waals surface area (Å²) in [5.74, 6) is 1.14. The van der Waals surface area contributed by atoms with E-state index in [0.717, 1.165) is 6.42 Å². The van der Waals surface area contributed by atoms with Crippen molar-refractivity contribution in [2.75, 3.05) is 20.8 Å². The van der Waals surface area contributed by atoms with E-state index >= 15 is 0 Å². The molecular formula is C21H35NO3. The van der Waals surface area contributed by atoms with Gasteiger partial charge >= 0.3 is 0 Å². The molecule has 1 rings (SSSR count). The Morgan fingerprint density at radius 3 is 2.04 bits per heavy atom. The lowest BCUT2D eigenvalue weighted by Gasteiger charge is -2.10. The largest absolute Gasteiger partial charge is 0.497 e. The van der Waals surface area contributed by atoms with E-state index < -0.39 is 0 Å². The molecule has 0 aliphatic rings. The van der Waals surface area contributed by atoms with Crippen LogP contribution in [0.15, 0.2) is 18.2 Å². The Balaban J connectivity index is 2.13. The quantitative estimate of drug-likeness (QED) is 0.460. The highest BCUT2D eigenvalue weighted by molar-refractivity contribution is 5.97. The second-order valence-electron chi connectivity index (χ2n) is 6.50. The Kier molecular flexibility index (Phi) is 11.6. The molecule has 4 heteroatoms. The predicted octanol–water partition coefficient (Wildman–Crippen LogP) is 5.35. The molecule has 0 unspecified atom stereocenters. The molecule has 25 heavy (non-hydrogen) atoms. The molecule has 1 amide bonds. The molecule has 1 aromatic rings. The molecule has 0 saturated carbocycles. The fraction of sp³-hybridized carbons (Fsp3) is 0.667. The van der Waals surface area contributed by atoms with Crippen LogP contribution in [0, 0.1) is 0 Å². The highest BCUT2D eigenvalue weighted by atomic mass is 16.5. The van der Waals surface area contributed by atoms with E-state index in [2.05, 4.69) is 12.2 Å². The maximum absolute atomic E-state index is 12.3. The van der Waals surface area contributed by atoms with Crippen LogP contribution in [0.2, 0.25) is 0 Å². The standard InChI is InChI=1S/C21H35NO3/c1-4-5-6-7-8-9-10-11-12-13-16-22-21(23)19-15-14-18(24-2)17-20(19)25-3/h14-15,17H,4-13,16H2,1-3H3,(H,22,23). The van der Waals surface area contributed by atoms with Gasteiger partial charge in [0.2, 0.25) is 0 Å². The maximum atomic E-state index is 12.3. The summed E-state index contributed by atoms with van der Waals surface area (Å²) in [6.07, 6.45) is 12.9. The lowest BCUT2D eigenvalue weighted by atomic mass is 10.1. The number of benzene rings is 1. The molecule has 0 radical (unpaired) electrons. The van der Waals surface area contributed by atoms with E-state index in [1.54, 1.807) is 32.4 Å². The molecule has 0 fully saturated rings. The molecule has 0 aliphatic heterocycles. The number of amides is 1. The van der Waals surface area contributed by atoms with Crippen molar-refractivity contribution in [1.82, 2.24) is 5.32 Å². The Hall–Kier alpha value is -1.71. The van der Waals surface area contributed by atoms with Gasteiger partial charge in [0, 0.05) is 12.6 Å². The fourth-order valence-corrected chi connectivity index (χ4v) is 2.90. The third kappa shape index (κ3) is 8.80. The number of unbranched alkanes of at least 4 members (excludes halogenated alkanes) is 9. The highest BCUT2D eigenvalue weighted by Crippen LogP contribution is 2.24. The number of hydrogen-bond donors (Lipinski definition) is 1. The summed E-state index contributed by atoms with van der Waals surface area (Å²) < 4.78 is 10.4. The van der Waals surface area contributed by atoms with Crippen LogP contribution in [-0.4, -0.2) is 26.7 Å². The van der Waals surface area contributed by atoms with Gasteiger partial charge in [0.1, 0.15) is 11.5 Å². The van der Waals surface area contributed by atoms with Gasteiger partial charge in [0.05, 0.1) is 19.8 Å². The summed E-state index contributed by atoms with van der Waals surface area (Å²) in [6, 6.07) is 5.25. The first kappa shape index (κ1) is 21.3. The number of methoxy groups -OCH3 is 2. The molecule has 1 aromatic carbocycles. The zero-order chi connectivity index (χ0) is 18.3. The van der Waals surface area contributed by atoms with Crippen LogP contribution in [0.25, 0.3) is 0 Å². The molecule has 0 spiro atoms. The van der Waals surface area contributed by atoms with Gasteiger partial charge in [0.25, 0.3) is 5.91 Å². The number of carbonyl (C=O) groups is 1. The lowest BCUT2D eigenvalue weighted by Crippen LogP contribution is -2.24. The van der Waals surface area contributed by atoms with Gasteiger partial charge in [0.15, 0.2) is 0 Å². The number of hydrogen-bond acceptors (Lipinski definition) is 3. The first-order chi connectivity index (χ1) is 12.2. The third-order valence-corrected chi connectivity index (χ3v) is 4.47.